The molecule has 2 heterocycles. The Hall–Kier alpha value is -3.86. The van der Waals surface area contributed by atoms with Crippen LogP contribution in [-0.4, -0.2) is 34.4 Å². The molecule has 12 heteroatoms. The first-order chi connectivity index (χ1) is 17.1. The number of hydrogen-bond donors (Lipinski definition) is 4. The highest BCUT2D eigenvalue weighted by Crippen LogP contribution is 2.38. The van der Waals surface area contributed by atoms with E-state index >= 15 is 0 Å². The third-order valence-corrected chi connectivity index (χ3v) is 5.88. The number of halogens is 4. The minimum atomic E-state index is -4.58. The average Bonchev–Trinajstić information content (AvgIpc) is 3.64. The fourth-order valence-corrected chi connectivity index (χ4v) is 3.65. The Morgan fingerprint density at radius 2 is 1.83 bits per heavy atom. The number of amides is 2. The van der Waals surface area contributed by atoms with E-state index in [0.29, 0.717) is 35.5 Å². The average molecular weight is 519 g/mol. The van der Waals surface area contributed by atoms with Crippen molar-refractivity contribution in [3.05, 3.63) is 76.8 Å². The van der Waals surface area contributed by atoms with E-state index in [2.05, 4.69) is 31.2 Å². The predicted octanol–water partition coefficient (Wildman–Crippen LogP) is 4.51. The van der Waals surface area contributed by atoms with Crippen LogP contribution >= 0.6 is 11.6 Å². The molecule has 1 aliphatic carbocycles. The van der Waals surface area contributed by atoms with Crippen LogP contribution in [0.5, 0.6) is 0 Å². The minimum Gasteiger partial charge on any atom is -0.387 e. The maximum Gasteiger partial charge on any atom is 0.418 e. The normalized spacial score (nSPS) is 14.0. The molecule has 2 aromatic heterocycles. The van der Waals surface area contributed by atoms with Crippen molar-refractivity contribution in [2.75, 3.05) is 17.7 Å². The molecule has 4 rings (SSSR count). The van der Waals surface area contributed by atoms with Gasteiger partial charge in [0.05, 0.1) is 46.6 Å². The molecule has 0 atom stereocenters. The first-order valence-corrected chi connectivity index (χ1v) is 11.3. The van der Waals surface area contributed by atoms with Crippen LogP contribution in [0.25, 0.3) is 0 Å². The fraction of sp³-hybridized carbons (Fsp3) is 0.250. The van der Waals surface area contributed by atoms with E-state index in [1.165, 1.54) is 24.5 Å². The van der Waals surface area contributed by atoms with Gasteiger partial charge in [0.25, 0.3) is 5.91 Å². The lowest BCUT2D eigenvalue weighted by molar-refractivity contribution is -0.137. The molecular weight excluding hydrogens is 497 g/mol. The zero-order valence-electron chi connectivity index (χ0n) is 19.0. The van der Waals surface area contributed by atoms with Gasteiger partial charge in [-0.2, -0.15) is 13.2 Å². The molecule has 0 spiro atoms. The number of hydrogen-bond acceptors (Lipinski definition) is 6. The highest BCUT2D eigenvalue weighted by Gasteiger charge is 2.51. The summed E-state index contributed by atoms with van der Waals surface area (Å²) in [4.78, 5) is 33.5. The minimum absolute atomic E-state index is 0.0233. The van der Waals surface area contributed by atoms with Gasteiger partial charge in [0.1, 0.15) is 5.54 Å². The van der Waals surface area contributed by atoms with Crippen molar-refractivity contribution >= 4 is 40.5 Å². The number of carbonyl (C=O) groups is 2. The maximum absolute atomic E-state index is 13.3. The molecule has 3 aromatic rings. The molecule has 36 heavy (non-hydrogen) atoms. The largest absolute Gasteiger partial charge is 0.418 e. The molecule has 0 unspecified atom stereocenters. The number of alkyl halides is 3. The Morgan fingerprint density at radius 3 is 2.47 bits per heavy atom. The summed E-state index contributed by atoms with van der Waals surface area (Å²) in [7, 11) is 1.71. The van der Waals surface area contributed by atoms with Gasteiger partial charge >= 0.3 is 6.18 Å². The van der Waals surface area contributed by atoms with Gasteiger partial charge in [0, 0.05) is 24.5 Å². The molecule has 1 saturated carbocycles. The number of pyridine rings is 2. The maximum atomic E-state index is 13.3. The highest BCUT2D eigenvalue weighted by molar-refractivity contribution is 6.30. The topological polar surface area (TPSA) is 108 Å². The monoisotopic (exact) mass is 518 g/mol. The quantitative estimate of drug-likeness (QED) is 0.349. The number of nitrogens with one attached hydrogen (secondary N) is 4. The molecular formula is C24H22ClF3N6O2. The van der Waals surface area contributed by atoms with Crippen LogP contribution < -0.4 is 21.3 Å². The van der Waals surface area contributed by atoms with Crippen molar-refractivity contribution < 1.29 is 22.8 Å². The molecule has 8 nitrogen and oxygen atoms in total. The molecule has 0 bridgehead atoms. The first kappa shape index (κ1) is 25.2. The molecule has 188 valence electrons. The Morgan fingerprint density at radius 1 is 1.06 bits per heavy atom. The Balaban J connectivity index is 1.35. The Bertz CT molecular complexity index is 1280. The predicted molar refractivity (Wildman–Crippen MR) is 129 cm³/mol. The number of carbonyl (C=O) groups excluding carboxylic acids is 2. The zero-order chi connectivity index (χ0) is 25.9. The van der Waals surface area contributed by atoms with E-state index < -0.39 is 23.2 Å². The summed E-state index contributed by atoms with van der Waals surface area (Å²) < 4.78 is 39.9. The van der Waals surface area contributed by atoms with Crippen LogP contribution in [-0.2, 0) is 17.5 Å². The van der Waals surface area contributed by atoms with Gasteiger partial charge in [-0.05, 0) is 49.2 Å². The summed E-state index contributed by atoms with van der Waals surface area (Å²) in [5.41, 5.74) is -0.202. The summed E-state index contributed by atoms with van der Waals surface area (Å²) >= 11 is 5.71. The number of benzene rings is 1. The second-order valence-corrected chi connectivity index (χ2v) is 8.72. The van der Waals surface area contributed by atoms with Crippen molar-refractivity contribution in [1.82, 2.24) is 20.6 Å². The van der Waals surface area contributed by atoms with Gasteiger partial charge in [0.2, 0.25) is 5.91 Å². The van der Waals surface area contributed by atoms with Crippen molar-refractivity contribution in [3.8, 4) is 0 Å². The van der Waals surface area contributed by atoms with Crippen LogP contribution in [0.1, 0.15) is 34.5 Å². The summed E-state index contributed by atoms with van der Waals surface area (Å²) in [6, 6.07) is 8.22. The SMILES string of the molecule is CNc1cncc(C(=O)NC2(C(=O)NCc3ccc(Nc4ccc(Cl)cc4C(F)(F)F)cn3)CC2)c1. The van der Waals surface area contributed by atoms with Crippen molar-refractivity contribution in [2.45, 2.75) is 31.1 Å². The van der Waals surface area contributed by atoms with E-state index in [4.69, 9.17) is 11.6 Å². The standard InChI is InChI=1S/C24H22ClF3N6O2/c1-29-18-8-14(10-30-11-18)21(35)34-23(6-7-23)22(36)32-12-16-3-4-17(13-31-16)33-20-5-2-15(25)9-19(20)24(26,27)28/h2-5,8-11,13,29,33H,6-7,12H2,1H3,(H,32,36)(H,34,35). The molecule has 1 aliphatic rings. The van der Waals surface area contributed by atoms with Gasteiger partial charge in [0.15, 0.2) is 0 Å². The van der Waals surface area contributed by atoms with E-state index in [1.807, 2.05) is 0 Å². The molecule has 2 amide bonds. The molecule has 0 radical (unpaired) electrons. The third-order valence-electron chi connectivity index (χ3n) is 5.65. The van der Waals surface area contributed by atoms with Crippen molar-refractivity contribution in [2.24, 2.45) is 0 Å². The third kappa shape index (κ3) is 5.85. The van der Waals surface area contributed by atoms with Crippen molar-refractivity contribution in [3.63, 3.8) is 0 Å². The second-order valence-electron chi connectivity index (χ2n) is 8.28. The summed E-state index contributed by atoms with van der Waals surface area (Å²) in [5, 5.41) is 11.1. The number of nitrogens with zero attached hydrogens (tertiary/aromatic N) is 2. The Kier molecular flexibility index (Phi) is 7.02. The number of rotatable bonds is 8. The summed E-state index contributed by atoms with van der Waals surface area (Å²) in [6.07, 6.45) is 0.795. The lowest BCUT2D eigenvalue weighted by atomic mass is 10.1. The van der Waals surface area contributed by atoms with Crippen LogP contribution in [0.4, 0.5) is 30.2 Å². The lowest BCUT2D eigenvalue weighted by Gasteiger charge is -2.17. The molecule has 0 aliphatic heterocycles. The molecule has 1 aromatic carbocycles. The van der Waals surface area contributed by atoms with E-state index in [-0.39, 0.29) is 23.2 Å². The summed E-state index contributed by atoms with van der Waals surface area (Å²) in [5.74, 6) is -0.741. The zero-order valence-corrected chi connectivity index (χ0v) is 19.8. The van der Waals surface area contributed by atoms with Gasteiger partial charge < -0.3 is 21.3 Å². The molecule has 4 N–H and O–H groups in total. The van der Waals surface area contributed by atoms with E-state index in [9.17, 15) is 22.8 Å². The van der Waals surface area contributed by atoms with Crippen LogP contribution in [0.2, 0.25) is 5.02 Å². The number of aromatic nitrogens is 2. The molecule has 1 fully saturated rings. The van der Waals surface area contributed by atoms with E-state index in [1.54, 1.807) is 31.4 Å². The lowest BCUT2D eigenvalue weighted by Crippen LogP contribution is -2.48. The highest BCUT2D eigenvalue weighted by atomic mass is 35.5. The van der Waals surface area contributed by atoms with Crippen LogP contribution in [0, 0.1) is 0 Å². The Labute approximate surface area is 209 Å². The van der Waals surface area contributed by atoms with Gasteiger partial charge in [-0.15, -0.1) is 0 Å². The fourth-order valence-electron chi connectivity index (χ4n) is 3.48. The van der Waals surface area contributed by atoms with Gasteiger partial charge in [-0.1, -0.05) is 11.6 Å². The van der Waals surface area contributed by atoms with Gasteiger partial charge in [-0.25, -0.2) is 0 Å². The van der Waals surface area contributed by atoms with Crippen LogP contribution in [0.15, 0.2) is 55.0 Å². The number of anilines is 3. The van der Waals surface area contributed by atoms with Crippen molar-refractivity contribution in [1.29, 1.82) is 0 Å². The molecule has 0 saturated heterocycles. The van der Waals surface area contributed by atoms with Gasteiger partial charge in [-0.3, -0.25) is 19.6 Å². The second kappa shape index (κ2) is 10.0. The summed E-state index contributed by atoms with van der Waals surface area (Å²) in [6.45, 7) is 0.0856. The first-order valence-electron chi connectivity index (χ1n) is 10.9. The smallest absolute Gasteiger partial charge is 0.387 e. The van der Waals surface area contributed by atoms with E-state index in [0.717, 1.165) is 6.07 Å². The van der Waals surface area contributed by atoms with Crippen LogP contribution in [0.3, 0.4) is 0 Å².